The van der Waals surface area contributed by atoms with Crippen molar-refractivity contribution in [2.45, 2.75) is 39.5 Å². The zero-order valence-electron chi connectivity index (χ0n) is 20.6. The summed E-state index contributed by atoms with van der Waals surface area (Å²) in [5.74, 6) is 1.07. The van der Waals surface area contributed by atoms with E-state index in [2.05, 4.69) is 49.0 Å². The Labute approximate surface area is 209 Å². The van der Waals surface area contributed by atoms with E-state index in [9.17, 15) is 4.79 Å². The summed E-state index contributed by atoms with van der Waals surface area (Å²) in [6, 6.07) is 9.70. The number of hydrogen-bond acceptors (Lipinski definition) is 8. The van der Waals surface area contributed by atoms with Gasteiger partial charge in [0.1, 0.15) is 5.82 Å². The Kier molecular flexibility index (Phi) is 6.88. The lowest BCUT2D eigenvalue weighted by Gasteiger charge is -2.34. The van der Waals surface area contributed by atoms with Gasteiger partial charge in [0.2, 0.25) is 5.95 Å². The number of aromatic amines is 1. The van der Waals surface area contributed by atoms with Crippen molar-refractivity contribution in [2.24, 2.45) is 0 Å². The smallest absolute Gasteiger partial charge is 0.413 e. The van der Waals surface area contributed by atoms with Crippen LogP contribution in [0, 0.1) is 0 Å². The van der Waals surface area contributed by atoms with Crippen LogP contribution in [0.4, 0.5) is 10.7 Å². The Hall–Kier alpha value is -3.89. The van der Waals surface area contributed by atoms with Gasteiger partial charge in [0, 0.05) is 42.8 Å². The number of ether oxygens (including phenoxy) is 2. The fourth-order valence-electron chi connectivity index (χ4n) is 4.53. The Bertz CT molecular complexity index is 1330. The maximum atomic E-state index is 11.9. The maximum absolute atomic E-state index is 11.9. The van der Waals surface area contributed by atoms with E-state index in [1.807, 2.05) is 42.7 Å². The number of benzene rings is 1. The van der Waals surface area contributed by atoms with Crippen molar-refractivity contribution in [3.8, 4) is 22.4 Å². The van der Waals surface area contributed by atoms with Crippen LogP contribution in [0.3, 0.4) is 0 Å². The standard InChI is InChI=1S/C26H29N7O3/c1-4-35-26(34)32-25-30-22-10-18(9-20(24(22)31-25)21-7-5-6-8-27-21)19-11-28-23(29-12-19)15-33-13-16(2)36-17(3)14-33/h5-12,16-17H,4,13-15H2,1-3H3,(H2,30,31,32,34)/t16-,17+. The maximum Gasteiger partial charge on any atom is 0.413 e. The summed E-state index contributed by atoms with van der Waals surface area (Å²) in [5.41, 5.74) is 4.84. The first-order valence-corrected chi connectivity index (χ1v) is 12.1. The van der Waals surface area contributed by atoms with Gasteiger partial charge >= 0.3 is 6.09 Å². The molecule has 1 aliphatic rings. The summed E-state index contributed by atoms with van der Waals surface area (Å²) < 4.78 is 10.8. The van der Waals surface area contributed by atoms with Crippen molar-refractivity contribution in [1.29, 1.82) is 0 Å². The minimum atomic E-state index is -0.566. The molecule has 1 aliphatic heterocycles. The van der Waals surface area contributed by atoms with Gasteiger partial charge in [-0.1, -0.05) is 6.07 Å². The average molecular weight is 488 g/mol. The number of imidazole rings is 1. The molecule has 0 unspecified atom stereocenters. The van der Waals surface area contributed by atoms with E-state index < -0.39 is 6.09 Å². The highest BCUT2D eigenvalue weighted by molar-refractivity contribution is 5.97. The quantitative estimate of drug-likeness (QED) is 0.414. The molecule has 0 radical (unpaired) electrons. The fourth-order valence-corrected chi connectivity index (χ4v) is 4.53. The summed E-state index contributed by atoms with van der Waals surface area (Å²) >= 11 is 0. The van der Waals surface area contributed by atoms with E-state index in [0.29, 0.717) is 18.0 Å². The normalized spacial score (nSPS) is 18.3. The van der Waals surface area contributed by atoms with Crippen LogP contribution < -0.4 is 5.32 Å². The van der Waals surface area contributed by atoms with Gasteiger partial charge in [-0.05, 0) is 50.6 Å². The van der Waals surface area contributed by atoms with Gasteiger partial charge in [-0.15, -0.1) is 0 Å². The molecule has 2 N–H and O–H groups in total. The van der Waals surface area contributed by atoms with Crippen LogP contribution in [0.2, 0.25) is 0 Å². The summed E-state index contributed by atoms with van der Waals surface area (Å²) in [7, 11) is 0. The molecule has 4 aromatic rings. The van der Waals surface area contributed by atoms with E-state index in [-0.39, 0.29) is 18.8 Å². The molecule has 1 saturated heterocycles. The highest BCUT2D eigenvalue weighted by Gasteiger charge is 2.23. The lowest BCUT2D eigenvalue weighted by Crippen LogP contribution is -2.45. The van der Waals surface area contributed by atoms with Gasteiger partial charge in [0.05, 0.1) is 42.1 Å². The molecule has 186 valence electrons. The third kappa shape index (κ3) is 5.34. The van der Waals surface area contributed by atoms with Crippen LogP contribution in [0.25, 0.3) is 33.4 Å². The van der Waals surface area contributed by atoms with Crippen LogP contribution >= 0.6 is 0 Å². The number of aromatic nitrogens is 5. The predicted molar refractivity (Wildman–Crippen MR) is 136 cm³/mol. The van der Waals surface area contributed by atoms with Crippen molar-refractivity contribution < 1.29 is 14.3 Å². The first-order valence-electron chi connectivity index (χ1n) is 12.1. The van der Waals surface area contributed by atoms with Crippen molar-refractivity contribution in [3.63, 3.8) is 0 Å². The van der Waals surface area contributed by atoms with Crippen molar-refractivity contribution >= 4 is 23.1 Å². The third-order valence-electron chi connectivity index (χ3n) is 5.93. The molecule has 0 bridgehead atoms. The number of pyridine rings is 1. The number of morpholine rings is 1. The predicted octanol–water partition coefficient (Wildman–Crippen LogP) is 4.26. The monoisotopic (exact) mass is 487 g/mol. The number of H-pyrrole nitrogens is 1. The molecule has 1 amide bonds. The number of nitrogens with zero attached hydrogens (tertiary/aromatic N) is 5. The number of carbonyl (C=O) groups is 1. The molecule has 1 aromatic carbocycles. The first-order chi connectivity index (χ1) is 17.5. The lowest BCUT2D eigenvalue weighted by atomic mass is 10.0. The fraction of sp³-hybridized carbons (Fsp3) is 0.346. The molecule has 3 aromatic heterocycles. The molecule has 5 rings (SSSR count). The number of nitrogens with one attached hydrogen (secondary N) is 2. The molecule has 1 fully saturated rings. The molecular weight excluding hydrogens is 458 g/mol. The SMILES string of the molecule is CCOC(=O)Nc1nc2cc(-c3cnc(CN4C[C@@H](C)O[C@@H](C)C4)nc3)cc(-c3ccccn3)c2[nH]1. The van der Waals surface area contributed by atoms with Gasteiger partial charge in [0.25, 0.3) is 0 Å². The molecule has 0 aliphatic carbocycles. The topological polar surface area (TPSA) is 118 Å². The molecule has 4 heterocycles. The second-order valence-electron chi connectivity index (χ2n) is 8.90. The second kappa shape index (κ2) is 10.4. The molecule has 10 heteroatoms. The number of rotatable bonds is 6. The van der Waals surface area contributed by atoms with Crippen molar-refractivity contribution in [3.05, 3.63) is 54.7 Å². The minimum Gasteiger partial charge on any atom is -0.450 e. The highest BCUT2D eigenvalue weighted by Crippen LogP contribution is 2.32. The van der Waals surface area contributed by atoms with Crippen LogP contribution in [0.15, 0.2) is 48.9 Å². The summed E-state index contributed by atoms with van der Waals surface area (Å²) in [5, 5.41) is 2.64. The lowest BCUT2D eigenvalue weighted by molar-refractivity contribution is -0.0710. The van der Waals surface area contributed by atoms with Crippen LogP contribution in [0.5, 0.6) is 0 Å². The van der Waals surface area contributed by atoms with Gasteiger partial charge < -0.3 is 14.5 Å². The van der Waals surface area contributed by atoms with Gasteiger partial charge in [0.15, 0.2) is 0 Å². The summed E-state index contributed by atoms with van der Waals surface area (Å²) in [6.45, 7) is 8.60. The van der Waals surface area contributed by atoms with E-state index in [1.54, 1.807) is 13.1 Å². The summed E-state index contributed by atoms with van der Waals surface area (Å²) in [6.07, 6.45) is 5.24. The van der Waals surface area contributed by atoms with Crippen LogP contribution in [-0.2, 0) is 16.0 Å². The average Bonchev–Trinajstić information content (AvgIpc) is 3.26. The molecule has 0 spiro atoms. The second-order valence-corrected chi connectivity index (χ2v) is 8.90. The number of carbonyl (C=O) groups excluding carboxylic acids is 1. The van der Waals surface area contributed by atoms with Gasteiger partial charge in [-0.3, -0.25) is 15.2 Å². The Morgan fingerprint density at radius 2 is 1.92 bits per heavy atom. The zero-order valence-corrected chi connectivity index (χ0v) is 20.6. The first kappa shape index (κ1) is 23.8. The molecule has 2 atom stereocenters. The van der Waals surface area contributed by atoms with Crippen LogP contribution in [-0.4, -0.2) is 67.8 Å². The van der Waals surface area contributed by atoms with Crippen molar-refractivity contribution in [2.75, 3.05) is 25.0 Å². The van der Waals surface area contributed by atoms with E-state index >= 15 is 0 Å². The van der Waals surface area contributed by atoms with Crippen molar-refractivity contribution in [1.82, 2.24) is 29.8 Å². The third-order valence-corrected chi connectivity index (χ3v) is 5.93. The van der Waals surface area contributed by atoms with E-state index in [4.69, 9.17) is 9.47 Å². The summed E-state index contributed by atoms with van der Waals surface area (Å²) in [4.78, 5) is 35.8. The molecular formula is C26H29N7O3. The Balaban J connectivity index is 1.46. The molecule has 0 saturated carbocycles. The van der Waals surface area contributed by atoms with E-state index in [0.717, 1.165) is 46.8 Å². The van der Waals surface area contributed by atoms with Gasteiger partial charge in [-0.25, -0.2) is 19.7 Å². The largest absolute Gasteiger partial charge is 0.450 e. The van der Waals surface area contributed by atoms with E-state index in [1.165, 1.54) is 0 Å². The van der Waals surface area contributed by atoms with Gasteiger partial charge in [-0.2, -0.15) is 0 Å². The number of anilines is 1. The number of amides is 1. The highest BCUT2D eigenvalue weighted by atomic mass is 16.5. The number of hydrogen-bond donors (Lipinski definition) is 2. The number of fused-ring (bicyclic) bond motifs is 1. The zero-order chi connectivity index (χ0) is 25.1. The molecule has 36 heavy (non-hydrogen) atoms. The Morgan fingerprint density at radius 1 is 1.14 bits per heavy atom. The molecule has 10 nitrogen and oxygen atoms in total. The van der Waals surface area contributed by atoms with Crippen LogP contribution in [0.1, 0.15) is 26.6 Å². The minimum absolute atomic E-state index is 0.196. The Morgan fingerprint density at radius 3 is 2.61 bits per heavy atom.